The van der Waals surface area contributed by atoms with Crippen LogP contribution in [0.1, 0.15) is 5.56 Å². The maximum absolute atomic E-state index is 11.7. The van der Waals surface area contributed by atoms with E-state index in [-0.39, 0.29) is 13.2 Å². The van der Waals surface area contributed by atoms with E-state index < -0.39 is 6.09 Å². The van der Waals surface area contributed by atoms with Crippen LogP contribution in [0.3, 0.4) is 0 Å². The van der Waals surface area contributed by atoms with Crippen molar-refractivity contribution in [3.8, 4) is 5.75 Å². The van der Waals surface area contributed by atoms with Gasteiger partial charge in [-0.1, -0.05) is 34.1 Å². The molecule has 2 aromatic carbocycles. The van der Waals surface area contributed by atoms with Gasteiger partial charge >= 0.3 is 6.09 Å². The molecular formula is C16H15Br2NO3. The van der Waals surface area contributed by atoms with Crippen molar-refractivity contribution in [1.82, 2.24) is 0 Å². The van der Waals surface area contributed by atoms with Gasteiger partial charge in [-0.15, -0.1) is 0 Å². The van der Waals surface area contributed by atoms with Crippen molar-refractivity contribution in [3.05, 3.63) is 57.0 Å². The number of halogens is 2. The number of rotatable bonds is 5. The van der Waals surface area contributed by atoms with Gasteiger partial charge in [0, 0.05) is 10.2 Å². The van der Waals surface area contributed by atoms with E-state index in [1.165, 1.54) is 0 Å². The van der Waals surface area contributed by atoms with Crippen LogP contribution >= 0.6 is 31.9 Å². The molecule has 0 aliphatic carbocycles. The topological polar surface area (TPSA) is 47.6 Å². The Hall–Kier alpha value is -1.53. The van der Waals surface area contributed by atoms with Crippen LogP contribution < -0.4 is 10.1 Å². The molecule has 0 saturated heterocycles. The van der Waals surface area contributed by atoms with Crippen LogP contribution in [0.15, 0.2) is 51.4 Å². The van der Waals surface area contributed by atoms with Crippen LogP contribution in [-0.4, -0.2) is 19.3 Å². The zero-order valence-corrected chi connectivity index (χ0v) is 15.1. The highest BCUT2D eigenvalue weighted by Crippen LogP contribution is 2.28. The number of aryl methyl sites for hydroxylation is 1. The first-order chi connectivity index (χ1) is 10.6. The predicted octanol–water partition coefficient (Wildman–Crippen LogP) is 5.15. The van der Waals surface area contributed by atoms with Crippen molar-refractivity contribution < 1.29 is 14.3 Å². The van der Waals surface area contributed by atoms with Crippen LogP contribution in [0.4, 0.5) is 10.5 Å². The third kappa shape index (κ3) is 5.03. The number of hydrogen-bond donors (Lipinski definition) is 1. The van der Waals surface area contributed by atoms with Crippen LogP contribution in [0, 0.1) is 6.92 Å². The first-order valence-electron chi connectivity index (χ1n) is 6.63. The minimum atomic E-state index is -0.493. The molecular weight excluding hydrogens is 414 g/mol. The molecule has 1 N–H and O–H groups in total. The summed E-state index contributed by atoms with van der Waals surface area (Å²) in [5, 5.41) is 2.70. The maximum Gasteiger partial charge on any atom is 0.411 e. The highest BCUT2D eigenvalue weighted by atomic mass is 79.9. The van der Waals surface area contributed by atoms with Crippen LogP contribution in [-0.2, 0) is 4.74 Å². The number of benzene rings is 2. The van der Waals surface area contributed by atoms with Crippen molar-refractivity contribution in [2.24, 2.45) is 0 Å². The fourth-order valence-corrected chi connectivity index (χ4v) is 2.90. The lowest BCUT2D eigenvalue weighted by atomic mass is 10.2. The van der Waals surface area contributed by atoms with Crippen molar-refractivity contribution >= 4 is 43.6 Å². The Labute approximate surface area is 146 Å². The Morgan fingerprint density at radius 1 is 1.14 bits per heavy atom. The molecule has 0 bridgehead atoms. The summed E-state index contributed by atoms with van der Waals surface area (Å²) in [6.07, 6.45) is -0.493. The van der Waals surface area contributed by atoms with E-state index in [4.69, 9.17) is 9.47 Å². The average Bonchev–Trinajstić information content (AvgIpc) is 2.48. The van der Waals surface area contributed by atoms with Crippen molar-refractivity contribution in [3.63, 3.8) is 0 Å². The van der Waals surface area contributed by atoms with Crippen molar-refractivity contribution in [2.45, 2.75) is 6.92 Å². The molecule has 0 heterocycles. The first kappa shape index (κ1) is 16.8. The van der Waals surface area contributed by atoms with E-state index in [0.717, 1.165) is 20.2 Å². The molecule has 0 unspecified atom stereocenters. The predicted molar refractivity (Wildman–Crippen MR) is 93.5 cm³/mol. The van der Waals surface area contributed by atoms with E-state index in [9.17, 15) is 4.79 Å². The quantitative estimate of drug-likeness (QED) is 0.670. The summed E-state index contributed by atoms with van der Waals surface area (Å²) in [6, 6.07) is 13.1. The second-order valence-corrected chi connectivity index (χ2v) is 6.27. The van der Waals surface area contributed by atoms with Gasteiger partial charge in [0.15, 0.2) is 0 Å². The third-order valence-corrected chi connectivity index (χ3v) is 3.96. The van der Waals surface area contributed by atoms with Gasteiger partial charge < -0.3 is 9.47 Å². The minimum Gasteiger partial charge on any atom is -0.489 e. The molecule has 0 fully saturated rings. The fraction of sp³-hybridized carbons (Fsp3) is 0.188. The highest BCUT2D eigenvalue weighted by Gasteiger charge is 2.06. The number of carbonyl (C=O) groups is 1. The van der Waals surface area contributed by atoms with Gasteiger partial charge in [0.2, 0.25) is 0 Å². The summed E-state index contributed by atoms with van der Waals surface area (Å²) in [5.74, 6) is 0.700. The molecule has 22 heavy (non-hydrogen) atoms. The minimum absolute atomic E-state index is 0.167. The molecule has 2 rings (SSSR count). The van der Waals surface area contributed by atoms with Gasteiger partial charge in [-0.3, -0.25) is 5.32 Å². The molecule has 0 radical (unpaired) electrons. The molecule has 0 aromatic heterocycles. The van der Waals surface area contributed by atoms with Gasteiger partial charge in [0.05, 0.1) is 4.47 Å². The molecule has 6 heteroatoms. The number of carbonyl (C=O) groups excluding carboxylic acids is 1. The molecule has 0 saturated carbocycles. The average molecular weight is 429 g/mol. The fourth-order valence-electron chi connectivity index (χ4n) is 1.74. The number of ether oxygens (including phenoxy) is 2. The number of para-hydroxylation sites is 1. The summed E-state index contributed by atoms with van der Waals surface area (Å²) >= 11 is 6.78. The monoisotopic (exact) mass is 427 g/mol. The molecule has 1 amide bonds. The van der Waals surface area contributed by atoms with E-state index in [2.05, 4.69) is 37.2 Å². The molecule has 0 aliphatic heterocycles. The van der Waals surface area contributed by atoms with Crippen LogP contribution in [0.25, 0.3) is 0 Å². The summed E-state index contributed by atoms with van der Waals surface area (Å²) < 4.78 is 12.4. The summed E-state index contributed by atoms with van der Waals surface area (Å²) in [6.45, 7) is 2.37. The molecule has 0 aliphatic rings. The molecule has 0 atom stereocenters. The molecule has 4 nitrogen and oxygen atoms in total. The van der Waals surface area contributed by atoms with Gasteiger partial charge in [-0.05, 0) is 52.7 Å². The zero-order valence-electron chi connectivity index (χ0n) is 11.9. The molecule has 0 spiro atoms. The Morgan fingerprint density at radius 2 is 1.91 bits per heavy atom. The normalized spacial score (nSPS) is 10.1. The lowest BCUT2D eigenvalue weighted by molar-refractivity contribution is 0.137. The van der Waals surface area contributed by atoms with Crippen molar-refractivity contribution in [2.75, 3.05) is 18.5 Å². The Kier molecular flexibility index (Phi) is 6.27. The Balaban J connectivity index is 1.74. The summed E-state index contributed by atoms with van der Waals surface area (Å²) in [7, 11) is 0. The van der Waals surface area contributed by atoms with Crippen LogP contribution in [0.5, 0.6) is 5.75 Å². The van der Waals surface area contributed by atoms with Gasteiger partial charge in [-0.2, -0.15) is 0 Å². The molecule has 116 valence electrons. The SMILES string of the molecule is Cc1ccccc1NC(=O)OCCOc1ccc(Br)cc1Br. The van der Waals surface area contributed by atoms with Gasteiger partial charge in [0.25, 0.3) is 0 Å². The lowest BCUT2D eigenvalue weighted by Gasteiger charge is -2.10. The summed E-state index contributed by atoms with van der Waals surface area (Å²) in [4.78, 5) is 11.7. The van der Waals surface area contributed by atoms with Gasteiger partial charge in [-0.25, -0.2) is 4.79 Å². The number of nitrogens with one attached hydrogen (secondary N) is 1. The number of hydrogen-bond acceptors (Lipinski definition) is 3. The third-order valence-electron chi connectivity index (χ3n) is 2.85. The maximum atomic E-state index is 11.7. The number of amides is 1. The Bertz CT molecular complexity index is 662. The first-order valence-corrected chi connectivity index (χ1v) is 8.22. The zero-order chi connectivity index (χ0) is 15.9. The molecule has 2 aromatic rings. The second-order valence-electron chi connectivity index (χ2n) is 4.50. The van der Waals surface area contributed by atoms with Gasteiger partial charge in [0.1, 0.15) is 19.0 Å². The number of anilines is 1. The standard InChI is InChI=1S/C16H15Br2NO3/c1-11-4-2-3-5-14(11)19-16(20)22-9-8-21-15-7-6-12(17)10-13(15)18/h2-7,10H,8-9H2,1H3,(H,19,20). The smallest absolute Gasteiger partial charge is 0.411 e. The summed E-state index contributed by atoms with van der Waals surface area (Å²) in [5.41, 5.74) is 1.72. The van der Waals surface area contributed by atoms with E-state index >= 15 is 0 Å². The van der Waals surface area contributed by atoms with E-state index in [0.29, 0.717) is 5.75 Å². The Morgan fingerprint density at radius 3 is 2.64 bits per heavy atom. The second kappa shape index (κ2) is 8.19. The van der Waals surface area contributed by atoms with Crippen LogP contribution in [0.2, 0.25) is 0 Å². The highest BCUT2D eigenvalue weighted by molar-refractivity contribution is 9.11. The van der Waals surface area contributed by atoms with E-state index in [1.54, 1.807) is 0 Å². The van der Waals surface area contributed by atoms with Crippen molar-refractivity contribution in [1.29, 1.82) is 0 Å². The van der Waals surface area contributed by atoms with E-state index in [1.807, 2.05) is 49.4 Å². The largest absolute Gasteiger partial charge is 0.489 e. The lowest BCUT2D eigenvalue weighted by Crippen LogP contribution is -2.18.